The van der Waals surface area contributed by atoms with Crippen LogP contribution in [0.4, 0.5) is 0 Å². The first-order valence-electron chi connectivity index (χ1n) is 8.90. The zero-order valence-corrected chi connectivity index (χ0v) is 15.5. The first-order chi connectivity index (χ1) is 12.6. The summed E-state index contributed by atoms with van der Waals surface area (Å²) in [5, 5.41) is 7.09. The van der Waals surface area contributed by atoms with Crippen molar-refractivity contribution in [2.45, 2.75) is 6.54 Å². The lowest BCUT2D eigenvalue weighted by Gasteiger charge is -2.32. The minimum atomic E-state index is -0.0285. The lowest BCUT2D eigenvalue weighted by atomic mass is 10.0. The summed E-state index contributed by atoms with van der Waals surface area (Å²) in [5.41, 5.74) is 1.84. The van der Waals surface area contributed by atoms with Crippen molar-refractivity contribution >= 4 is 28.3 Å². The standard InChI is InChI=1S/C20H21ClN4O/c1-23-19(18(21)13-22-23)20(26)25-11-9-24(10-12-25)14-16-7-4-6-15-5-2-3-8-17(15)16/h2-8,13H,9-12,14H2,1H3/p+1. The van der Waals surface area contributed by atoms with Gasteiger partial charge in [0.2, 0.25) is 0 Å². The van der Waals surface area contributed by atoms with Crippen LogP contribution < -0.4 is 4.90 Å². The fourth-order valence-electron chi connectivity index (χ4n) is 3.72. The molecule has 5 nitrogen and oxygen atoms in total. The number of carbonyl (C=O) groups excluding carboxylic acids is 1. The Bertz CT molecular complexity index is 919. The van der Waals surface area contributed by atoms with Crippen LogP contribution in [-0.4, -0.2) is 46.8 Å². The number of hydrogen-bond acceptors (Lipinski definition) is 2. The van der Waals surface area contributed by atoms with Gasteiger partial charge in [0, 0.05) is 12.6 Å². The summed E-state index contributed by atoms with van der Waals surface area (Å²) in [6, 6.07) is 15.0. The molecular weight excluding hydrogens is 348 g/mol. The number of rotatable bonds is 3. The van der Waals surface area contributed by atoms with Crippen LogP contribution >= 0.6 is 11.6 Å². The van der Waals surface area contributed by atoms with Crippen molar-refractivity contribution in [3.8, 4) is 0 Å². The third kappa shape index (κ3) is 3.20. The monoisotopic (exact) mass is 369 g/mol. The van der Waals surface area contributed by atoms with Gasteiger partial charge in [0.1, 0.15) is 12.2 Å². The van der Waals surface area contributed by atoms with Gasteiger partial charge in [-0.2, -0.15) is 5.10 Å². The van der Waals surface area contributed by atoms with Gasteiger partial charge in [-0.1, -0.05) is 54.1 Å². The molecule has 1 aliphatic heterocycles. The minimum Gasteiger partial charge on any atom is -0.328 e. The van der Waals surface area contributed by atoms with E-state index in [1.165, 1.54) is 27.4 Å². The van der Waals surface area contributed by atoms with Gasteiger partial charge in [0.05, 0.1) is 37.4 Å². The Morgan fingerprint density at radius 2 is 1.88 bits per heavy atom. The summed E-state index contributed by atoms with van der Waals surface area (Å²) in [6.45, 7) is 4.32. The molecule has 1 saturated heterocycles. The summed E-state index contributed by atoms with van der Waals surface area (Å²) in [4.78, 5) is 16.1. The van der Waals surface area contributed by atoms with Crippen LogP contribution in [0.1, 0.15) is 16.1 Å². The molecule has 4 rings (SSSR count). The highest BCUT2D eigenvalue weighted by molar-refractivity contribution is 6.33. The van der Waals surface area contributed by atoms with Gasteiger partial charge >= 0.3 is 0 Å². The van der Waals surface area contributed by atoms with E-state index in [-0.39, 0.29) is 5.91 Å². The first kappa shape index (κ1) is 17.1. The van der Waals surface area contributed by atoms with Crippen molar-refractivity contribution in [2.24, 2.45) is 7.05 Å². The molecule has 26 heavy (non-hydrogen) atoms. The largest absolute Gasteiger partial charge is 0.328 e. The quantitative estimate of drug-likeness (QED) is 0.764. The predicted molar refractivity (Wildman–Crippen MR) is 102 cm³/mol. The van der Waals surface area contributed by atoms with Crippen molar-refractivity contribution in [3.05, 3.63) is 64.9 Å². The van der Waals surface area contributed by atoms with Gasteiger partial charge in [-0.25, -0.2) is 0 Å². The van der Waals surface area contributed by atoms with Gasteiger partial charge in [0.25, 0.3) is 5.91 Å². The summed E-state index contributed by atoms with van der Waals surface area (Å²) in [7, 11) is 1.75. The number of quaternary nitrogens is 1. The number of hydrogen-bond donors (Lipinski definition) is 1. The SMILES string of the molecule is Cn1ncc(Cl)c1C(=O)N1CC[NH+](Cc2cccc3ccccc23)CC1. The van der Waals surface area contributed by atoms with Crippen LogP contribution in [0.15, 0.2) is 48.7 Å². The molecule has 1 amide bonds. The number of amides is 1. The highest BCUT2D eigenvalue weighted by atomic mass is 35.5. The maximum atomic E-state index is 12.7. The van der Waals surface area contributed by atoms with E-state index in [2.05, 4.69) is 47.6 Å². The van der Waals surface area contributed by atoms with Gasteiger partial charge < -0.3 is 9.80 Å². The van der Waals surface area contributed by atoms with Crippen LogP contribution in [0.2, 0.25) is 5.02 Å². The molecule has 0 saturated carbocycles. The molecule has 0 unspecified atom stereocenters. The summed E-state index contributed by atoms with van der Waals surface area (Å²) in [6.07, 6.45) is 1.52. The lowest BCUT2D eigenvalue weighted by Crippen LogP contribution is -3.13. The minimum absolute atomic E-state index is 0.0285. The summed E-state index contributed by atoms with van der Waals surface area (Å²) in [5.74, 6) is -0.0285. The van der Waals surface area contributed by atoms with Crippen LogP contribution in [0.5, 0.6) is 0 Å². The van der Waals surface area contributed by atoms with Crippen LogP contribution in [0.25, 0.3) is 10.8 Å². The normalized spacial score (nSPS) is 15.5. The molecule has 3 aromatic rings. The molecule has 0 atom stereocenters. The molecule has 1 fully saturated rings. The van der Waals surface area contributed by atoms with E-state index in [1.54, 1.807) is 11.7 Å². The van der Waals surface area contributed by atoms with Gasteiger partial charge in [-0.15, -0.1) is 0 Å². The van der Waals surface area contributed by atoms with E-state index < -0.39 is 0 Å². The molecule has 0 bridgehead atoms. The van der Waals surface area contributed by atoms with Gasteiger partial charge in [0.15, 0.2) is 0 Å². The molecule has 1 aliphatic rings. The second-order valence-corrected chi connectivity index (χ2v) is 7.23. The van der Waals surface area contributed by atoms with Crippen molar-refractivity contribution in [1.29, 1.82) is 0 Å². The molecule has 1 aromatic heterocycles. The van der Waals surface area contributed by atoms with Gasteiger partial charge in [-0.3, -0.25) is 9.48 Å². The van der Waals surface area contributed by atoms with E-state index in [4.69, 9.17) is 11.6 Å². The van der Waals surface area contributed by atoms with E-state index in [1.807, 2.05) is 4.90 Å². The zero-order chi connectivity index (χ0) is 18.1. The number of benzene rings is 2. The topological polar surface area (TPSA) is 42.6 Å². The Kier molecular flexibility index (Phi) is 4.66. The highest BCUT2D eigenvalue weighted by Crippen LogP contribution is 2.18. The number of nitrogens with zero attached hydrogens (tertiary/aromatic N) is 3. The third-order valence-corrected chi connectivity index (χ3v) is 5.45. The Hall–Kier alpha value is -2.37. The molecular formula is C20H22ClN4O+. The van der Waals surface area contributed by atoms with Crippen molar-refractivity contribution in [2.75, 3.05) is 26.2 Å². The maximum absolute atomic E-state index is 12.7. The average molecular weight is 370 g/mol. The number of halogens is 1. The fourth-order valence-corrected chi connectivity index (χ4v) is 3.97. The number of piperazine rings is 1. The Morgan fingerprint density at radius 1 is 1.15 bits per heavy atom. The number of nitrogens with one attached hydrogen (secondary N) is 1. The Balaban J connectivity index is 1.43. The number of carbonyl (C=O) groups is 1. The van der Waals surface area contributed by atoms with Crippen LogP contribution in [0, 0.1) is 0 Å². The summed E-state index contributed by atoms with van der Waals surface area (Å²) < 4.78 is 1.56. The smallest absolute Gasteiger partial charge is 0.274 e. The van der Waals surface area contributed by atoms with E-state index in [0.29, 0.717) is 10.7 Å². The van der Waals surface area contributed by atoms with E-state index in [0.717, 1.165) is 32.7 Å². The third-order valence-electron chi connectivity index (χ3n) is 5.17. The number of aryl methyl sites for hydroxylation is 1. The molecule has 2 aromatic carbocycles. The lowest BCUT2D eigenvalue weighted by molar-refractivity contribution is -0.917. The molecule has 2 heterocycles. The Morgan fingerprint density at radius 3 is 2.62 bits per heavy atom. The van der Waals surface area contributed by atoms with Crippen molar-refractivity contribution < 1.29 is 9.69 Å². The highest BCUT2D eigenvalue weighted by Gasteiger charge is 2.28. The van der Waals surface area contributed by atoms with Crippen molar-refractivity contribution in [3.63, 3.8) is 0 Å². The van der Waals surface area contributed by atoms with Crippen molar-refractivity contribution in [1.82, 2.24) is 14.7 Å². The second-order valence-electron chi connectivity index (χ2n) is 6.82. The van der Waals surface area contributed by atoms with E-state index >= 15 is 0 Å². The fraction of sp³-hybridized carbons (Fsp3) is 0.300. The molecule has 0 radical (unpaired) electrons. The first-order valence-corrected chi connectivity index (χ1v) is 9.28. The predicted octanol–water partition coefficient (Wildman–Crippen LogP) is 1.77. The van der Waals surface area contributed by atoms with Crippen LogP contribution in [0.3, 0.4) is 0 Å². The second kappa shape index (κ2) is 7.09. The number of aromatic nitrogens is 2. The van der Waals surface area contributed by atoms with E-state index in [9.17, 15) is 4.79 Å². The van der Waals surface area contributed by atoms with Crippen LogP contribution in [-0.2, 0) is 13.6 Å². The molecule has 0 spiro atoms. The molecule has 6 heteroatoms. The average Bonchev–Trinajstić information content (AvgIpc) is 3.00. The summed E-state index contributed by atoms with van der Waals surface area (Å²) >= 11 is 6.11. The molecule has 1 N–H and O–H groups in total. The Labute approximate surface area is 157 Å². The molecule has 0 aliphatic carbocycles. The number of fused-ring (bicyclic) bond motifs is 1. The van der Waals surface area contributed by atoms with Gasteiger partial charge in [-0.05, 0) is 10.8 Å². The maximum Gasteiger partial charge on any atom is 0.274 e. The molecule has 134 valence electrons. The zero-order valence-electron chi connectivity index (χ0n) is 14.8.